The summed E-state index contributed by atoms with van der Waals surface area (Å²) < 4.78 is 0. The van der Waals surface area contributed by atoms with E-state index in [4.69, 9.17) is 20.4 Å². The van der Waals surface area contributed by atoms with Crippen LogP contribution in [0.3, 0.4) is 0 Å². The molecule has 0 saturated carbocycles. The van der Waals surface area contributed by atoms with Crippen LogP contribution >= 0.6 is 0 Å². The fourth-order valence-electron chi connectivity index (χ4n) is 4.39. The molecule has 40 heavy (non-hydrogen) atoms. The molecule has 1 amide bonds. The Morgan fingerprint density at radius 3 is 2.05 bits per heavy atom. The number of benzene rings is 1. The number of piperidine rings is 1. The first-order chi connectivity index (χ1) is 18.7. The minimum Gasteiger partial charge on any atom is -0.481 e. The second-order valence-corrected chi connectivity index (χ2v) is 10.1. The third kappa shape index (κ3) is 9.39. The van der Waals surface area contributed by atoms with Crippen LogP contribution in [0, 0.1) is 0 Å². The van der Waals surface area contributed by atoms with Crippen molar-refractivity contribution in [2.24, 2.45) is 0 Å². The molecule has 0 spiro atoms. The van der Waals surface area contributed by atoms with Crippen LogP contribution in [0.15, 0.2) is 29.1 Å². The van der Waals surface area contributed by atoms with E-state index in [0.717, 1.165) is 37.9 Å². The number of fused-ring (bicyclic) bond motifs is 1. The second kappa shape index (κ2) is 14.5. The lowest BCUT2D eigenvalue weighted by atomic mass is 9.96. The van der Waals surface area contributed by atoms with Crippen LogP contribution in [0.2, 0.25) is 0 Å². The standard InChI is InChI=1S/C20H29N5O2.C6H8O7/c1-23(2)12-13-25(15-8-10-24(3)11-9-15)19(26)14-18-16-6-4-5-7-17(16)20(27)22-21-18;7-3(8)1-6(13,5(11)12)2-4(9)10/h4-7,15H,8-14H2,1-3H3,(H,22,27);13H,1-2H2,(H,7,8)(H,9,10)(H,11,12). The van der Waals surface area contributed by atoms with Gasteiger partial charge in [0.1, 0.15) is 0 Å². The highest BCUT2D eigenvalue weighted by Gasteiger charge is 2.40. The summed E-state index contributed by atoms with van der Waals surface area (Å²) in [6.07, 6.45) is -0.0920. The van der Waals surface area contributed by atoms with Gasteiger partial charge in [0, 0.05) is 24.5 Å². The molecule has 0 aliphatic carbocycles. The average Bonchev–Trinajstić information content (AvgIpc) is 2.86. The van der Waals surface area contributed by atoms with Gasteiger partial charge in [0.05, 0.1) is 30.3 Å². The number of likely N-dealkylation sites (tertiary alicyclic amines) is 1. The van der Waals surface area contributed by atoms with Gasteiger partial charge >= 0.3 is 17.9 Å². The molecule has 0 unspecified atom stereocenters. The topological polar surface area (TPSA) is 205 Å². The zero-order valence-electron chi connectivity index (χ0n) is 22.9. The molecule has 2 aromatic rings. The summed E-state index contributed by atoms with van der Waals surface area (Å²) in [7, 11) is 6.17. The largest absolute Gasteiger partial charge is 0.481 e. The molecule has 1 saturated heterocycles. The Kier molecular flexibility index (Phi) is 11.7. The van der Waals surface area contributed by atoms with Gasteiger partial charge in [-0.1, -0.05) is 18.2 Å². The van der Waals surface area contributed by atoms with E-state index >= 15 is 0 Å². The van der Waals surface area contributed by atoms with Crippen molar-refractivity contribution in [2.75, 3.05) is 47.3 Å². The number of aromatic amines is 1. The number of nitrogens with one attached hydrogen (secondary N) is 1. The Bertz CT molecular complexity index is 1240. The normalized spacial score (nSPS) is 14.4. The SMILES string of the molecule is CN(C)CCN(C(=O)Cc1n[nH]c(=O)c2ccccc12)C1CCN(C)CC1.O=C(O)CC(O)(CC(=O)O)C(=O)O. The first-order valence-electron chi connectivity index (χ1n) is 12.7. The Labute approximate surface area is 230 Å². The number of rotatable bonds is 11. The smallest absolute Gasteiger partial charge is 0.336 e. The van der Waals surface area contributed by atoms with E-state index in [0.29, 0.717) is 17.6 Å². The summed E-state index contributed by atoms with van der Waals surface area (Å²) in [5.41, 5.74) is -2.32. The molecule has 3 rings (SSSR count). The van der Waals surface area contributed by atoms with Crippen molar-refractivity contribution in [1.82, 2.24) is 24.9 Å². The van der Waals surface area contributed by atoms with Crippen molar-refractivity contribution >= 4 is 34.6 Å². The molecule has 1 fully saturated rings. The summed E-state index contributed by atoms with van der Waals surface area (Å²) in [6.45, 7) is 3.56. The Hall–Kier alpha value is -3.88. The molecule has 1 aromatic carbocycles. The number of aromatic nitrogens is 2. The molecule has 14 nitrogen and oxygen atoms in total. The third-order valence-corrected chi connectivity index (χ3v) is 6.62. The summed E-state index contributed by atoms with van der Waals surface area (Å²) >= 11 is 0. The van der Waals surface area contributed by atoms with Crippen LogP contribution in [-0.4, -0.2) is 128 Å². The first-order valence-corrected chi connectivity index (χ1v) is 12.7. The lowest BCUT2D eigenvalue weighted by Crippen LogP contribution is -2.49. The van der Waals surface area contributed by atoms with E-state index < -0.39 is 36.4 Å². The monoisotopic (exact) mass is 563 g/mol. The zero-order chi connectivity index (χ0) is 30.0. The number of carboxylic acids is 3. The van der Waals surface area contributed by atoms with Crippen LogP contribution in [0.4, 0.5) is 0 Å². The van der Waals surface area contributed by atoms with Gasteiger partial charge in [-0.25, -0.2) is 9.89 Å². The number of aliphatic hydroxyl groups is 1. The highest BCUT2D eigenvalue weighted by molar-refractivity contribution is 5.89. The molecule has 0 atom stereocenters. The predicted molar refractivity (Wildman–Crippen MR) is 144 cm³/mol. The fraction of sp³-hybridized carbons (Fsp3) is 0.538. The highest BCUT2D eigenvalue weighted by Crippen LogP contribution is 2.19. The van der Waals surface area contributed by atoms with Crippen molar-refractivity contribution in [1.29, 1.82) is 0 Å². The van der Waals surface area contributed by atoms with Crippen molar-refractivity contribution in [3.63, 3.8) is 0 Å². The van der Waals surface area contributed by atoms with Crippen LogP contribution in [0.25, 0.3) is 10.8 Å². The molecule has 5 N–H and O–H groups in total. The van der Waals surface area contributed by atoms with E-state index in [2.05, 4.69) is 27.0 Å². The maximum atomic E-state index is 13.2. The molecule has 1 aliphatic rings. The lowest BCUT2D eigenvalue weighted by molar-refractivity contribution is -0.170. The molecule has 2 heterocycles. The van der Waals surface area contributed by atoms with Crippen molar-refractivity contribution in [2.45, 2.75) is 43.7 Å². The van der Waals surface area contributed by atoms with Crippen molar-refractivity contribution in [3.05, 3.63) is 40.3 Å². The maximum Gasteiger partial charge on any atom is 0.336 e. The molecule has 1 aliphatic heterocycles. The molecule has 14 heteroatoms. The number of carbonyl (C=O) groups excluding carboxylic acids is 1. The highest BCUT2D eigenvalue weighted by atomic mass is 16.4. The predicted octanol–water partition coefficient (Wildman–Crippen LogP) is -0.298. The van der Waals surface area contributed by atoms with E-state index in [-0.39, 0.29) is 23.9 Å². The first kappa shape index (κ1) is 32.3. The number of amides is 1. The lowest BCUT2D eigenvalue weighted by Gasteiger charge is -2.38. The Morgan fingerprint density at radius 1 is 1.00 bits per heavy atom. The van der Waals surface area contributed by atoms with Gasteiger partial charge in [0.15, 0.2) is 5.60 Å². The molecular formula is C26H37N5O9. The number of carbonyl (C=O) groups is 4. The summed E-state index contributed by atoms with van der Waals surface area (Å²) in [6, 6.07) is 7.59. The van der Waals surface area contributed by atoms with Crippen molar-refractivity contribution in [3.8, 4) is 0 Å². The minimum absolute atomic E-state index is 0.0797. The van der Waals surface area contributed by atoms with Gasteiger partial charge < -0.3 is 35.1 Å². The van der Waals surface area contributed by atoms with Gasteiger partial charge in [-0.3, -0.25) is 19.2 Å². The number of nitrogens with zero attached hydrogens (tertiary/aromatic N) is 4. The van der Waals surface area contributed by atoms with Crippen molar-refractivity contribution < 1.29 is 39.6 Å². The third-order valence-electron chi connectivity index (χ3n) is 6.62. The molecule has 0 bridgehead atoms. The number of carboxylic acid groups (broad SMARTS) is 3. The van der Waals surface area contributed by atoms with Crippen LogP contribution in [0.1, 0.15) is 31.4 Å². The quantitative estimate of drug-likeness (QED) is 0.239. The van der Waals surface area contributed by atoms with Gasteiger partial charge in [-0.05, 0) is 53.1 Å². The van der Waals surface area contributed by atoms with Crippen LogP contribution < -0.4 is 5.56 Å². The van der Waals surface area contributed by atoms with Gasteiger partial charge in [0.2, 0.25) is 5.91 Å². The Balaban J connectivity index is 0.000000366. The maximum absolute atomic E-state index is 13.2. The van der Waals surface area contributed by atoms with E-state index in [1.807, 2.05) is 37.2 Å². The molecular weight excluding hydrogens is 526 g/mol. The Morgan fingerprint density at radius 2 is 1.55 bits per heavy atom. The fourth-order valence-corrected chi connectivity index (χ4v) is 4.39. The molecule has 1 aromatic heterocycles. The summed E-state index contributed by atoms with van der Waals surface area (Å²) in [5, 5.41) is 41.9. The van der Waals surface area contributed by atoms with Gasteiger partial charge in [0.25, 0.3) is 5.56 Å². The minimum atomic E-state index is -2.74. The van der Waals surface area contributed by atoms with Crippen LogP contribution in [-0.2, 0) is 25.6 Å². The van der Waals surface area contributed by atoms with Gasteiger partial charge in [-0.2, -0.15) is 5.10 Å². The number of H-pyrrole nitrogens is 1. The number of aliphatic carboxylic acids is 3. The number of hydrogen-bond acceptors (Lipinski definition) is 9. The van der Waals surface area contributed by atoms with E-state index in [1.54, 1.807) is 6.07 Å². The molecule has 220 valence electrons. The number of hydrogen-bond donors (Lipinski definition) is 5. The summed E-state index contributed by atoms with van der Waals surface area (Å²) in [4.78, 5) is 62.1. The number of likely N-dealkylation sites (N-methyl/N-ethyl adjacent to an activating group) is 1. The van der Waals surface area contributed by atoms with E-state index in [9.17, 15) is 24.0 Å². The van der Waals surface area contributed by atoms with Gasteiger partial charge in [-0.15, -0.1) is 0 Å². The summed E-state index contributed by atoms with van der Waals surface area (Å²) in [5.74, 6) is -4.94. The van der Waals surface area contributed by atoms with E-state index in [1.165, 1.54) is 0 Å². The zero-order valence-corrected chi connectivity index (χ0v) is 22.9. The van der Waals surface area contributed by atoms with Crippen LogP contribution in [0.5, 0.6) is 0 Å². The second-order valence-electron chi connectivity index (χ2n) is 10.1. The average molecular weight is 564 g/mol. The molecule has 0 radical (unpaired) electrons.